The van der Waals surface area contributed by atoms with Crippen molar-refractivity contribution in [3.05, 3.63) is 66.7 Å². The van der Waals surface area contributed by atoms with Crippen LogP contribution in [0, 0.1) is 0 Å². The van der Waals surface area contributed by atoms with Crippen LogP contribution in [-0.2, 0) is 0 Å². The number of nitrogens with zero attached hydrogens (tertiary/aromatic N) is 2. The second-order valence-electron chi connectivity index (χ2n) is 4.43. The van der Waals surface area contributed by atoms with E-state index < -0.39 is 0 Å². The Kier molecular flexibility index (Phi) is 3.42. The average Bonchev–Trinajstić information content (AvgIpc) is 2.53. The summed E-state index contributed by atoms with van der Waals surface area (Å²) in [6, 6.07) is 21.8. The highest BCUT2D eigenvalue weighted by Crippen LogP contribution is 2.24. The van der Waals surface area contributed by atoms with Crippen molar-refractivity contribution < 1.29 is 4.74 Å². The summed E-state index contributed by atoms with van der Waals surface area (Å²) >= 11 is 0. The first kappa shape index (κ1) is 12.4. The molecule has 0 heterocycles. The van der Waals surface area contributed by atoms with Crippen LogP contribution in [0.1, 0.15) is 0 Å². The fraction of sp³-hybridized carbons (Fsp3) is 0.0588. The van der Waals surface area contributed by atoms with Gasteiger partial charge in [-0.3, -0.25) is 0 Å². The van der Waals surface area contributed by atoms with Gasteiger partial charge in [0.2, 0.25) is 0 Å². The second-order valence-corrected chi connectivity index (χ2v) is 4.43. The molecule has 3 aromatic carbocycles. The fourth-order valence-corrected chi connectivity index (χ4v) is 2.00. The number of azo groups is 1. The summed E-state index contributed by atoms with van der Waals surface area (Å²) in [6.07, 6.45) is 0. The molecule has 0 aliphatic carbocycles. The monoisotopic (exact) mass is 262 g/mol. The van der Waals surface area contributed by atoms with Crippen molar-refractivity contribution in [3.63, 3.8) is 0 Å². The van der Waals surface area contributed by atoms with Crippen LogP contribution < -0.4 is 4.74 Å². The molecule has 20 heavy (non-hydrogen) atoms. The van der Waals surface area contributed by atoms with E-state index in [0.29, 0.717) is 0 Å². The molecule has 0 aromatic heterocycles. The van der Waals surface area contributed by atoms with Gasteiger partial charge in [0.1, 0.15) is 5.75 Å². The van der Waals surface area contributed by atoms with Crippen molar-refractivity contribution in [1.82, 2.24) is 0 Å². The minimum absolute atomic E-state index is 0.805. The van der Waals surface area contributed by atoms with E-state index in [9.17, 15) is 0 Å². The van der Waals surface area contributed by atoms with Crippen molar-refractivity contribution in [1.29, 1.82) is 0 Å². The van der Waals surface area contributed by atoms with Gasteiger partial charge in [-0.15, -0.1) is 0 Å². The van der Waals surface area contributed by atoms with Gasteiger partial charge >= 0.3 is 0 Å². The minimum Gasteiger partial charge on any atom is -0.497 e. The summed E-state index contributed by atoms with van der Waals surface area (Å²) in [7, 11) is 1.64. The first-order valence-electron chi connectivity index (χ1n) is 6.40. The van der Waals surface area contributed by atoms with Crippen LogP contribution in [0.5, 0.6) is 5.75 Å². The highest BCUT2D eigenvalue weighted by atomic mass is 16.5. The Morgan fingerprint density at radius 3 is 2.10 bits per heavy atom. The molecule has 0 N–H and O–H groups in total. The molecule has 3 nitrogen and oxygen atoms in total. The summed E-state index contributed by atoms with van der Waals surface area (Å²) in [5.74, 6) is 0.814. The molecule has 0 bridgehead atoms. The van der Waals surface area contributed by atoms with Gasteiger partial charge in [-0.05, 0) is 47.2 Å². The zero-order valence-corrected chi connectivity index (χ0v) is 11.2. The summed E-state index contributed by atoms with van der Waals surface area (Å²) in [5, 5.41) is 10.9. The highest BCUT2D eigenvalue weighted by Gasteiger charge is 1.95. The van der Waals surface area contributed by atoms with Gasteiger partial charge in [-0.25, -0.2) is 0 Å². The fourth-order valence-electron chi connectivity index (χ4n) is 2.00. The number of benzene rings is 3. The maximum absolute atomic E-state index is 5.11. The molecule has 0 atom stereocenters. The van der Waals surface area contributed by atoms with E-state index in [1.165, 1.54) is 10.8 Å². The van der Waals surface area contributed by atoms with Crippen LogP contribution in [-0.4, -0.2) is 7.11 Å². The van der Waals surface area contributed by atoms with Crippen LogP contribution >= 0.6 is 0 Å². The summed E-state index contributed by atoms with van der Waals surface area (Å²) in [6.45, 7) is 0. The lowest BCUT2D eigenvalue weighted by Gasteiger charge is -1.99. The standard InChI is InChI=1S/C17H14N2O/c1-20-17-10-8-15(9-11-17)18-19-16-7-6-13-4-2-3-5-14(13)12-16/h2-12H,1H3. The summed E-state index contributed by atoms with van der Waals surface area (Å²) < 4.78 is 5.11. The number of hydrogen-bond acceptors (Lipinski definition) is 3. The van der Waals surface area contributed by atoms with Crippen molar-refractivity contribution in [2.24, 2.45) is 10.2 Å². The van der Waals surface area contributed by atoms with Crippen LogP contribution in [0.4, 0.5) is 11.4 Å². The molecule has 0 aliphatic heterocycles. The predicted molar refractivity (Wildman–Crippen MR) is 81.1 cm³/mol. The smallest absolute Gasteiger partial charge is 0.119 e. The largest absolute Gasteiger partial charge is 0.497 e. The zero-order chi connectivity index (χ0) is 13.8. The molecule has 0 saturated carbocycles. The Morgan fingerprint density at radius 2 is 1.35 bits per heavy atom. The third kappa shape index (κ3) is 2.67. The number of rotatable bonds is 3. The number of methoxy groups -OCH3 is 1. The second kappa shape index (κ2) is 5.53. The molecule has 3 aromatic rings. The molecule has 0 fully saturated rings. The van der Waals surface area contributed by atoms with E-state index in [2.05, 4.69) is 28.4 Å². The van der Waals surface area contributed by atoms with Crippen LogP contribution in [0.25, 0.3) is 10.8 Å². The van der Waals surface area contributed by atoms with Crippen molar-refractivity contribution in [2.75, 3.05) is 7.11 Å². The maximum Gasteiger partial charge on any atom is 0.119 e. The topological polar surface area (TPSA) is 34.0 Å². The van der Waals surface area contributed by atoms with Gasteiger partial charge in [0.15, 0.2) is 0 Å². The normalized spacial score (nSPS) is 11.1. The van der Waals surface area contributed by atoms with Crippen molar-refractivity contribution in [2.45, 2.75) is 0 Å². The van der Waals surface area contributed by atoms with Gasteiger partial charge < -0.3 is 4.74 Å². The van der Waals surface area contributed by atoms with Crippen LogP contribution in [0.15, 0.2) is 77.0 Å². The van der Waals surface area contributed by atoms with Crippen LogP contribution in [0.3, 0.4) is 0 Å². The van der Waals surface area contributed by atoms with E-state index >= 15 is 0 Å². The van der Waals surface area contributed by atoms with E-state index in [0.717, 1.165) is 17.1 Å². The van der Waals surface area contributed by atoms with Gasteiger partial charge in [0, 0.05) is 0 Å². The Hall–Kier alpha value is -2.68. The van der Waals surface area contributed by atoms with E-state index in [-0.39, 0.29) is 0 Å². The highest BCUT2D eigenvalue weighted by molar-refractivity contribution is 5.85. The third-order valence-electron chi connectivity index (χ3n) is 3.09. The summed E-state index contributed by atoms with van der Waals surface area (Å²) in [4.78, 5) is 0. The molecule has 0 unspecified atom stereocenters. The maximum atomic E-state index is 5.11. The number of ether oxygens (including phenoxy) is 1. The van der Waals surface area contributed by atoms with Gasteiger partial charge in [-0.2, -0.15) is 10.2 Å². The molecule has 0 saturated heterocycles. The molecule has 98 valence electrons. The quantitative estimate of drug-likeness (QED) is 0.592. The van der Waals surface area contributed by atoms with Crippen molar-refractivity contribution >= 4 is 22.1 Å². The third-order valence-corrected chi connectivity index (χ3v) is 3.09. The number of fused-ring (bicyclic) bond motifs is 1. The molecule has 0 radical (unpaired) electrons. The van der Waals surface area contributed by atoms with Crippen molar-refractivity contribution in [3.8, 4) is 5.75 Å². The minimum atomic E-state index is 0.805. The molecule has 0 spiro atoms. The molecule has 0 aliphatic rings. The first-order valence-corrected chi connectivity index (χ1v) is 6.40. The molecule has 3 rings (SSSR count). The average molecular weight is 262 g/mol. The Bertz CT molecular complexity index is 748. The lowest BCUT2D eigenvalue weighted by molar-refractivity contribution is 0.415. The Balaban J connectivity index is 1.85. The van der Waals surface area contributed by atoms with Gasteiger partial charge in [-0.1, -0.05) is 30.3 Å². The van der Waals surface area contributed by atoms with Gasteiger partial charge in [0.25, 0.3) is 0 Å². The van der Waals surface area contributed by atoms with E-state index in [1.807, 2.05) is 48.5 Å². The Morgan fingerprint density at radius 1 is 0.700 bits per heavy atom. The molecular formula is C17H14N2O. The number of hydrogen-bond donors (Lipinski definition) is 0. The van der Waals surface area contributed by atoms with E-state index in [4.69, 9.17) is 4.74 Å². The lowest BCUT2D eigenvalue weighted by atomic mass is 10.1. The lowest BCUT2D eigenvalue weighted by Crippen LogP contribution is -1.79. The zero-order valence-electron chi connectivity index (χ0n) is 11.2. The van der Waals surface area contributed by atoms with Gasteiger partial charge in [0.05, 0.1) is 18.5 Å². The van der Waals surface area contributed by atoms with E-state index in [1.54, 1.807) is 7.11 Å². The SMILES string of the molecule is COc1ccc(N=Nc2ccc3ccccc3c2)cc1. The predicted octanol–water partition coefficient (Wildman–Crippen LogP) is 5.26. The molecule has 0 amide bonds. The molecule has 3 heteroatoms. The van der Waals surface area contributed by atoms with Crippen LogP contribution in [0.2, 0.25) is 0 Å². The Labute approximate surface area is 117 Å². The first-order chi connectivity index (χ1) is 9.85. The summed E-state index contributed by atoms with van der Waals surface area (Å²) in [5.41, 5.74) is 1.65. The molecular weight excluding hydrogens is 248 g/mol.